The topological polar surface area (TPSA) is 150 Å². The summed E-state index contributed by atoms with van der Waals surface area (Å²) >= 11 is 0. The SMILES string of the molecule is CCC(CC)(CC)C(=O)OC(=O)CC(O)(CC(=O)OC(=O)C(CC)(CC)CC)C(=O)OC(=O)C(CC)(CC)CC. The Morgan fingerprint density at radius 1 is 0.425 bits per heavy atom. The van der Waals surface area contributed by atoms with E-state index in [1.807, 2.05) is 0 Å². The van der Waals surface area contributed by atoms with E-state index in [4.69, 9.17) is 14.2 Å². The molecule has 0 aromatic heterocycles. The predicted molar refractivity (Wildman–Crippen MR) is 147 cm³/mol. The largest absolute Gasteiger partial charge is 0.393 e. The van der Waals surface area contributed by atoms with Crippen molar-refractivity contribution in [1.82, 2.24) is 0 Å². The minimum Gasteiger partial charge on any atom is -0.393 e. The monoisotopic (exact) mass is 570 g/mol. The first kappa shape index (κ1) is 37.4. The summed E-state index contributed by atoms with van der Waals surface area (Å²) in [7, 11) is 0. The first-order valence-corrected chi connectivity index (χ1v) is 14.6. The van der Waals surface area contributed by atoms with Gasteiger partial charge in [0.05, 0.1) is 29.1 Å². The molecule has 0 aliphatic heterocycles. The van der Waals surface area contributed by atoms with E-state index >= 15 is 0 Å². The second-order valence-corrected chi connectivity index (χ2v) is 10.6. The van der Waals surface area contributed by atoms with E-state index in [0.29, 0.717) is 57.8 Å². The minimum atomic E-state index is -2.92. The molecule has 0 spiro atoms. The summed E-state index contributed by atoms with van der Waals surface area (Å²) in [6.07, 6.45) is 1.05. The van der Waals surface area contributed by atoms with Crippen molar-refractivity contribution in [2.75, 3.05) is 0 Å². The molecule has 230 valence electrons. The first-order valence-electron chi connectivity index (χ1n) is 14.6. The molecule has 1 N–H and O–H groups in total. The molecule has 0 radical (unpaired) electrons. The molecule has 0 heterocycles. The summed E-state index contributed by atoms with van der Waals surface area (Å²) in [5.74, 6) is -6.69. The van der Waals surface area contributed by atoms with Gasteiger partial charge in [0.2, 0.25) is 0 Å². The molecule has 0 aliphatic rings. The first-order chi connectivity index (χ1) is 18.6. The Balaban J connectivity index is 6.21. The van der Waals surface area contributed by atoms with Crippen LogP contribution < -0.4 is 0 Å². The Kier molecular flexibility index (Phi) is 14.9. The molecule has 0 aromatic carbocycles. The third-order valence-electron chi connectivity index (χ3n) is 9.24. The molecule has 0 atom stereocenters. The van der Waals surface area contributed by atoms with Crippen LogP contribution in [0.5, 0.6) is 0 Å². The molecule has 10 nitrogen and oxygen atoms in total. The molecule has 0 saturated heterocycles. The quantitative estimate of drug-likeness (QED) is 0.138. The van der Waals surface area contributed by atoms with Gasteiger partial charge in [0, 0.05) is 0 Å². The lowest BCUT2D eigenvalue weighted by atomic mass is 9.80. The highest BCUT2D eigenvalue weighted by Gasteiger charge is 2.48. The van der Waals surface area contributed by atoms with Crippen molar-refractivity contribution in [3.05, 3.63) is 0 Å². The maximum absolute atomic E-state index is 13.2. The van der Waals surface area contributed by atoms with Crippen molar-refractivity contribution in [2.45, 2.75) is 139 Å². The van der Waals surface area contributed by atoms with Gasteiger partial charge in [0.15, 0.2) is 5.60 Å². The van der Waals surface area contributed by atoms with Crippen LogP contribution in [-0.4, -0.2) is 46.5 Å². The van der Waals surface area contributed by atoms with E-state index in [-0.39, 0.29) is 0 Å². The normalized spacial score (nSPS) is 12.4. The van der Waals surface area contributed by atoms with Crippen LogP contribution in [0.25, 0.3) is 0 Å². The molecule has 40 heavy (non-hydrogen) atoms. The number of carbonyl (C=O) groups is 6. The predicted octanol–water partition coefficient (Wildman–Crippen LogP) is 5.36. The lowest BCUT2D eigenvalue weighted by molar-refractivity contribution is -0.190. The fraction of sp³-hybridized carbons (Fsp3) is 0.800. The van der Waals surface area contributed by atoms with Crippen LogP contribution in [0.15, 0.2) is 0 Å². The van der Waals surface area contributed by atoms with Crippen LogP contribution in [-0.2, 0) is 43.0 Å². The smallest absolute Gasteiger partial charge is 0.347 e. The Hall–Kier alpha value is -2.62. The van der Waals surface area contributed by atoms with E-state index in [1.165, 1.54) is 0 Å². The highest BCUT2D eigenvalue weighted by molar-refractivity contribution is 5.99. The number of esters is 6. The Bertz CT molecular complexity index is 835. The van der Waals surface area contributed by atoms with Crippen LogP contribution in [0, 0.1) is 16.2 Å². The molecular weight excluding hydrogens is 520 g/mol. The Morgan fingerprint density at radius 2 is 0.650 bits per heavy atom. The van der Waals surface area contributed by atoms with E-state index in [9.17, 15) is 33.9 Å². The van der Waals surface area contributed by atoms with Gasteiger partial charge in [-0.1, -0.05) is 62.3 Å². The van der Waals surface area contributed by atoms with Crippen molar-refractivity contribution in [1.29, 1.82) is 0 Å². The molecule has 0 fully saturated rings. The van der Waals surface area contributed by atoms with E-state index in [2.05, 4.69) is 0 Å². The second-order valence-electron chi connectivity index (χ2n) is 10.6. The van der Waals surface area contributed by atoms with Gasteiger partial charge in [-0.25, -0.2) is 4.79 Å². The van der Waals surface area contributed by atoms with Gasteiger partial charge in [-0.2, -0.15) is 0 Å². The number of hydrogen-bond acceptors (Lipinski definition) is 10. The number of aliphatic hydroxyl groups is 1. The van der Waals surface area contributed by atoms with Crippen molar-refractivity contribution >= 4 is 35.8 Å². The Morgan fingerprint density at radius 3 is 0.875 bits per heavy atom. The lowest BCUT2D eigenvalue weighted by Gasteiger charge is -2.31. The average Bonchev–Trinajstić information content (AvgIpc) is 2.92. The van der Waals surface area contributed by atoms with Crippen LogP contribution in [0.1, 0.15) is 133 Å². The molecule has 0 unspecified atom stereocenters. The fourth-order valence-corrected chi connectivity index (χ4v) is 5.02. The van der Waals surface area contributed by atoms with Crippen molar-refractivity contribution in [3.63, 3.8) is 0 Å². The summed E-state index contributed by atoms with van der Waals surface area (Å²) in [5, 5.41) is 11.3. The van der Waals surface area contributed by atoms with Gasteiger partial charge in [0.1, 0.15) is 0 Å². The van der Waals surface area contributed by atoms with Gasteiger partial charge in [-0.15, -0.1) is 0 Å². The number of ether oxygens (including phenoxy) is 3. The van der Waals surface area contributed by atoms with E-state index < -0.39 is 70.5 Å². The maximum atomic E-state index is 13.2. The molecule has 0 aliphatic carbocycles. The van der Waals surface area contributed by atoms with Crippen LogP contribution >= 0.6 is 0 Å². The van der Waals surface area contributed by atoms with E-state index in [1.54, 1.807) is 62.3 Å². The summed E-state index contributed by atoms with van der Waals surface area (Å²) in [6, 6.07) is 0. The summed E-state index contributed by atoms with van der Waals surface area (Å²) in [6.45, 7) is 15.9. The zero-order valence-corrected chi connectivity index (χ0v) is 25.9. The molecule has 0 saturated carbocycles. The highest BCUT2D eigenvalue weighted by atomic mass is 16.6. The highest BCUT2D eigenvalue weighted by Crippen LogP contribution is 2.35. The fourth-order valence-electron chi connectivity index (χ4n) is 5.02. The van der Waals surface area contributed by atoms with Crippen LogP contribution in [0.3, 0.4) is 0 Å². The molecule has 0 rings (SSSR count). The maximum Gasteiger partial charge on any atom is 0.347 e. The zero-order valence-electron chi connectivity index (χ0n) is 25.9. The van der Waals surface area contributed by atoms with Gasteiger partial charge >= 0.3 is 35.8 Å². The third kappa shape index (κ3) is 8.44. The van der Waals surface area contributed by atoms with Gasteiger partial charge in [0.25, 0.3) is 0 Å². The number of hydrogen-bond donors (Lipinski definition) is 1. The standard InChI is InChI=1S/C30H50O10/c1-10-27(11-2,12-3)23(33)38-21(31)19-30(37,26(36)40-25(35)29(16-7,17-8)18-9)20-22(32)39-24(34)28(13-4,14-5)15-6/h37H,10-20H2,1-9H3. The molecular formula is C30H50O10. The summed E-state index contributed by atoms with van der Waals surface area (Å²) < 4.78 is 15.0. The van der Waals surface area contributed by atoms with Gasteiger partial charge in [-0.3, -0.25) is 24.0 Å². The molecule has 10 heteroatoms. The van der Waals surface area contributed by atoms with Crippen molar-refractivity contribution < 1.29 is 48.1 Å². The number of carbonyl (C=O) groups excluding carboxylic acids is 6. The summed E-state index contributed by atoms with van der Waals surface area (Å²) in [5.41, 5.74) is -5.83. The zero-order chi connectivity index (χ0) is 31.4. The Labute approximate surface area is 238 Å². The third-order valence-corrected chi connectivity index (χ3v) is 9.24. The molecule has 0 aromatic rings. The van der Waals surface area contributed by atoms with Crippen LogP contribution in [0.4, 0.5) is 0 Å². The number of rotatable bonds is 17. The average molecular weight is 571 g/mol. The second kappa shape index (κ2) is 16.0. The minimum absolute atomic E-state index is 0.345. The van der Waals surface area contributed by atoms with Crippen LogP contribution in [0.2, 0.25) is 0 Å². The van der Waals surface area contributed by atoms with Gasteiger partial charge in [-0.05, 0) is 57.8 Å². The van der Waals surface area contributed by atoms with Gasteiger partial charge < -0.3 is 19.3 Å². The van der Waals surface area contributed by atoms with Crippen molar-refractivity contribution in [3.8, 4) is 0 Å². The van der Waals surface area contributed by atoms with E-state index in [0.717, 1.165) is 0 Å². The molecule has 0 amide bonds. The summed E-state index contributed by atoms with van der Waals surface area (Å²) in [4.78, 5) is 77.3. The molecule has 0 bridgehead atoms. The van der Waals surface area contributed by atoms with Crippen molar-refractivity contribution in [2.24, 2.45) is 16.2 Å². The lowest BCUT2D eigenvalue weighted by Crippen LogP contribution is -2.48.